The molecule has 204 valence electrons. The number of nitrogens with zero attached hydrogens (tertiary/aromatic N) is 4. The predicted molar refractivity (Wildman–Crippen MR) is 138 cm³/mol. The number of hydrogen-bond acceptors (Lipinski definition) is 8. The summed E-state index contributed by atoms with van der Waals surface area (Å²) in [4.78, 5) is 65.8. The number of rotatable bonds is 6. The van der Waals surface area contributed by atoms with E-state index in [-0.39, 0.29) is 35.9 Å². The maximum atomic E-state index is 13.3. The fraction of sp³-hybridized carbons (Fsp3) is 0.481. The Morgan fingerprint density at radius 3 is 2.56 bits per heavy atom. The Balaban J connectivity index is 1.09. The van der Waals surface area contributed by atoms with E-state index in [1.54, 1.807) is 24.4 Å². The van der Waals surface area contributed by atoms with Gasteiger partial charge in [0.2, 0.25) is 17.7 Å². The van der Waals surface area contributed by atoms with Crippen LogP contribution in [0.15, 0.2) is 30.6 Å². The number of nitrogens with two attached hydrogens (primary N) is 1. The number of carbonyl (C=O) groups is 5. The molecule has 1 aromatic heterocycles. The van der Waals surface area contributed by atoms with Crippen molar-refractivity contribution in [2.24, 2.45) is 5.73 Å². The van der Waals surface area contributed by atoms with Gasteiger partial charge in [-0.3, -0.25) is 38.9 Å². The van der Waals surface area contributed by atoms with Crippen LogP contribution in [0.3, 0.4) is 0 Å². The second kappa shape index (κ2) is 9.60. The molecule has 39 heavy (non-hydrogen) atoms. The van der Waals surface area contributed by atoms with Crippen LogP contribution in [-0.2, 0) is 20.9 Å². The van der Waals surface area contributed by atoms with Gasteiger partial charge in [-0.2, -0.15) is 5.10 Å². The lowest BCUT2D eigenvalue weighted by Crippen LogP contribution is -2.60. The third-order valence-electron chi connectivity index (χ3n) is 8.40. The monoisotopic (exact) mass is 533 g/mol. The minimum atomic E-state index is -1.01. The highest BCUT2D eigenvalue weighted by Crippen LogP contribution is 2.34. The van der Waals surface area contributed by atoms with E-state index >= 15 is 0 Å². The average Bonchev–Trinajstić information content (AvgIpc) is 3.49. The van der Waals surface area contributed by atoms with Gasteiger partial charge in [0.05, 0.1) is 28.9 Å². The zero-order valence-electron chi connectivity index (χ0n) is 21.5. The van der Waals surface area contributed by atoms with Crippen LogP contribution in [0.4, 0.5) is 5.69 Å². The third-order valence-corrected chi connectivity index (χ3v) is 8.40. The number of carbonyl (C=O) groups excluding carboxylic acids is 5. The molecule has 4 heterocycles. The molecule has 2 aromatic rings. The van der Waals surface area contributed by atoms with E-state index in [9.17, 15) is 24.0 Å². The first-order chi connectivity index (χ1) is 18.7. The van der Waals surface area contributed by atoms with E-state index in [0.29, 0.717) is 25.3 Å². The van der Waals surface area contributed by atoms with Crippen LogP contribution in [-0.4, -0.2) is 73.8 Å². The number of likely N-dealkylation sites (tertiary alicyclic amines) is 1. The van der Waals surface area contributed by atoms with Gasteiger partial charge in [0, 0.05) is 43.5 Å². The van der Waals surface area contributed by atoms with Crippen LogP contribution in [0.1, 0.15) is 77.3 Å². The first-order valence-corrected chi connectivity index (χ1v) is 13.4. The summed E-state index contributed by atoms with van der Waals surface area (Å²) in [5, 5.41) is 9.99. The molecule has 1 unspecified atom stereocenters. The Bertz CT molecular complexity index is 1370. The van der Waals surface area contributed by atoms with Gasteiger partial charge < -0.3 is 16.0 Å². The van der Waals surface area contributed by atoms with Crippen molar-refractivity contribution in [3.8, 4) is 0 Å². The normalized spacial score (nSPS) is 22.9. The molecule has 1 atom stereocenters. The maximum Gasteiger partial charge on any atom is 0.264 e. The van der Waals surface area contributed by atoms with Crippen molar-refractivity contribution in [3.05, 3.63) is 47.3 Å². The number of piperidine rings is 2. The molecule has 1 aromatic carbocycles. The number of fused-ring (bicyclic) bond motifs is 1. The topological polar surface area (TPSA) is 160 Å². The Hall–Kier alpha value is -4.06. The molecule has 0 bridgehead atoms. The smallest absolute Gasteiger partial charge is 0.264 e. The Kier molecular flexibility index (Phi) is 6.21. The van der Waals surface area contributed by atoms with E-state index in [4.69, 9.17) is 5.73 Å². The number of benzene rings is 1. The Morgan fingerprint density at radius 1 is 1.10 bits per heavy atom. The standard InChI is InChI=1S/C27H31N7O5/c28-27(9-2-10-27)26(39)32-11-7-17(8-12-32)33-15-16(14-30-33)13-29-19-4-1-3-18-22(19)25(38)34(24(18)37)20-5-6-21(35)31-23(20)36/h1,3-4,14-15,17,20,29H,2,5-13,28H2,(H,31,35,36). The summed E-state index contributed by atoms with van der Waals surface area (Å²) in [5.74, 6) is -2.07. The van der Waals surface area contributed by atoms with Crippen molar-refractivity contribution >= 4 is 35.2 Å². The van der Waals surface area contributed by atoms with Crippen molar-refractivity contribution in [2.45, 2.75) is 69.1 Å². The van der Waals surface area contributed by atoms with Crippen molar-refractivity contribution in [2.75, 3.05) is 18.4 Å². The van der Waals surface area contributed by atoms with E-state index in [0.717, 1.165) is 42.6 Å². The molecule has 6 rings (SSSR count). The molecule has 3 aliphatic heterocycles. The van der Waals surface area contributed by atoms with Crippen molar-refractivity contribution in [1.82, 2.24) is 24.9 Å². The summed E-state index contributed by atoms with van der Waals surface area (Å²) in [5.41, 5.74) is 7.41. The molecule has 3 fully saturated rings. The van der Waals surface area contributed by atoms with E-state index < -0.39 is 35.2 Å². The SMILES string of the molecule is NC1(C(=O)N2CCC(n3cc(CNc4cccc5c4C(=O)N(C4CCC(=O)NC4=O)C5=O)cn3)CC2)CCC1. The molecule has 0 spiro atoms. The number of anilines is 1. The molecule has 12 nitrogen and oxygen atoms in total. The third kappa shape index (κ3) is 4.38. The van der Waals surface area contributed by atoms with E-state index in [2.05, 4.69) is 15.7 Å². The van der Waals surface area contributed by atoms with Crippen molar-refractivity contribution in [1.29, 1.82) is 0 Å². The van der Waals surface area contributed by atoms with Crippen LogP contribution < -0.4 is 16.4 Å². The summed E-state index contributed by atoms with van der Waals surface area (Å²) in [6.07, 6.45) is 8.04. The quantitative estimate of drug-likeness (QED) is 0.463. The highest BCUT2D eigenvalue weighted by Gasteiger charge is 2.46. The van der Waals surface area contributed by atoms with Crippen LogP contribution in [0.5, 0.6) is 0 Å². The molecule has 4 aliphatic rings. The average molecular weight is 534 g/mol. The molecule has 2 saturated heterocycles. The molecule has 4 N–H and O–H groups in total. The van der Waals surface area contributed by atoms with Crippen LogP contribution in [0.25, 0.3) is 0 Å². The lowest BCUT2D eigenvalue weighted by molar-refractivity contribution is -0.141. The molecular formula is C27H31N7O5. The number of imide groups is 2. The summed E-state index contributed by atoms with van der Waals surface area (Å²) in [6.45, 7) is 1.70. The second-order valence-corrected chi connectivity index (χ2v) is 10.9. The minimum absolute atomic E-state index is 0.0668. The van der Waals surface area contributed by atoms with Gasteiger partial charge in [-0.05, 0) is 50.7 Å². The zero-order chi connectivity index (χ0) is 27.3. The molecule has 5 amide bonds. The van der Waals surface area contributed by atoms with Crippen LogP contribution >= 0.6 is 0 Å². The highest BCUT2D eigenvalue weighted by molar-refractivity contribution is 6.25. The molecule has 1 aliphatic carbocycles. The predicted octanol–water partition coefficient (Wildman–Crippen LogP) is 0.941. The van der Waals surface area contributed by atoms with Crippen molar-refractivity contribution in [3.63, 3.8) is 0 Å². The fourth-order valence-corrected chi connectivity index (χ4v) is 5.95. The molecule has 1 saturated carbocycles. The number of nitrogens with one attached hydrogen (secondary N) is 2. The van der Waals surface area contributed by atoms with Gasteiger partial charge in [-0.1, -0.05) is 6.07 Å². The number of hydrogen-bond donors (Lipinski definition) is 3. The Labute approximate surface area is 224 Å². The summed E-state index contributed by atoms with van der Waals surface area (Å²) in [7, 11) is 0. The first-order valence-electron chi connectivity index (χ1n) is 13.4. The largest absolute Gasteiger partial charge is 0.380 e. The maximum absolute atomic E-state index is 13.3. The van der Waals surface area contributed by atoms with Gasteiger partial charge in [-0.15, -0.1) is 0 Å². The highest BCUT2D eigenvalue weighted by atomic mass is 16.2. The van der Waals surface area contributed by atoms with Crippen LogP contribution in [0, 0.1) is 0 Å². The summed E-state index contributed by atoms with van der Waals surface area (Å²) < 4.78 is 1.93. The van der Waals surface area contributed by atoms with Gasteiger partial charge >= 0.3 is 0 Å². The van der Waals surface area contributed by atoms with Crippen molar-refractivity contribution < 1.29 is 24.0 Å². The lowest BCUT2D eigenvalue weighted by atomic mass is 9.76. The van der Waals surface area contributed by atoms with E-state index in [1.165, 1.54) is 0 Å². The van der Waals surface area contributed by atoms with Crippen LogP contribution in [0.2, 0.25) is 0 Å². The van der Waals surface area contributed by atoms with E-state index in [1.807, 2.05) is 15.8 Å². The van der Waals surface area contributed by atoms with Gasteiger partial charge in [0.1, 0.15) is 6.04 Å². The zero-order valence-corrected chi connectivity index (χ0v) is 21.5. The number of amides is 5. The first kappa shape index (κ1) is 25.2. The molecule has 12 heteroatoms. The minimum Gasteiger partial charge on any atom is -0.380 e. The second-order valence-electron chi connectivity index (χ2n) is 10.9. The van der Waals surface area contributed by atoms with Gasteiger partial charge in [0.25, 0.3) is 11.8 Å². The molecule has 0 radical (unpaired) electrons. The summed E-state index contributed by atoms with van der Waals surface area (Å²) >= 11 is 0. The van der Waals surface area contributed by atoms with Gasteiger partial charge in [0.15, 0.2) is 0 Å². The Morgan fingerprint density at radius 2 is 1.87 bits per heavy atom. The summed E-state index contributed by atoms with van der Waals surface area (Å²) in [6, 6.07) is 4.15. The molecular weight excluding hydrogens is 502 g/mol. The van der Waals surface area contributed by atoms with Gasteiger partial charge in [-0.25, -0.2) is 0 Å². The fourth-order valence-electron chi connectivity index (χ4n) is 5.95. The number of aromatic nitrogens is 2. The lowest BCUT2D eigenvalue weighted by Gasteiger charge is -2.42.